The molecule has 3 rings (SSSR count). The molecule has 2 aromatic carbocycles. The normalized spacial score (nSPS) is 11.4. The van der Waals surface area contributed by atoms with Crippen LogP contribution in [0.3, 0.4) is 0 Å². The number of hydrogen-bond acceptors (Lipinski definition) is 4. The molecule has 0 unspecified atom stereocenters. The molecule has 0 aliphatic rings. The van der Waals surface area contributed by atoms with Gasteiger partial charge in [-0.1, -0.05) is 24.3 Å². The van der Waals surface area contributed by atoms with E-state index in [0.29, 0.717) is 17.7 Å². The van der Waals surface area contributed by atoms with Gasteiger partial charge in [0.15, 0.2) is 0 Å². The average Bonchev–Trinajstić information content (AvgIpc) is 3.22. The Kier molecular flexibility index (Phi) is 6.14. The molecule has 1 heterocycles. The van der Waals surface area contributed by atoms with Crippen molar-refractivity contribution in [1.82, 2.24) is 19.6 Å². The molecule has 0 aliphatic heterocycles. The number of amides is 1. The molecule has 29 heavy (non-hydrogen) atoms. The number of aryl methyl sites for hydroxylation is 1. The van der Waals surface area contributed by atoms with Crippen LogP contribution in [0.2, 0.25) is 0 Å². The minimum absolute atomic E-state index is 0.119. The molecule has 0 spiro atoms. The van der Waals surface area contributed by atoms with E-state index in [-0.39, 0.29) is 10.8 Å². The zero-order valence-corrected chi connectivity index (χ0v) is 17.5. The van der Waals surface area contributed by atoms with Gasteiger partial charge in [-0.2, -0.15) is 0 Å². The van der Waals surface area contributed by atoms with Crippen molar-refractivity contribution in [3.8, 4) is 0 Å². The summed E-state index contributed by atoms with van der Waals surface area (Å²) in [4.78, 5) is 16.7. The molecule has 0 atom stereocenters. The standard InChI is InChI=1S/C21H24N4O3S/c1-15-10-19(11-20(16(15)2)29(27,28)22-3)21(26)24-12-17-4-6-18(7-5-17)13-25-9-8-23-14-25/h4-11,14,22H,12-13H2,1-3H3,(H,24,26). The summed E-state index contributed by atoms with van der Waals surface area (Å²) < 4.78 is 28.7. The lowest BCUT2D eigenvalue weighted by Crippen LogP contribution is -2.25. The van der Waals surface area contributed by atoms with Gasteiger partial charge in [-0.05, 0) is 55.3 Å². The Hall–Kier alpha value is -2.97. The summed E-state index contributed by atoms with van der Waals surface area (Å²) in [6, 6.07) is 11.1. The molecule has 0 radical (unpaired) electrons. The maximum atomic E-state index is 12.6. The lowest BCUT2D eigenvalue weighted by Gasteiger charge is -2.13. The number of nitrogens with one attached hydrogen (secondary N) is 2. The number of aromatic nitrogens is 2. The molecule has 152 valence electrons. The topological polar surface area (TPSA) is 93.1 Å². The van der Waals surface area contributed by atoms with Crippen LogP contribution in [-0.4, -0.2) is 30.9 Å². The molecule has 1 aromatic heterocycles. The fraction of sp³-hybridized carbons (Fsp3) is 0.238. The summed E-state index contributed by atoms with van der Waals surface area (Å²) >= 11 is 0. The van der Waals surface area contributed by atoms with Crippen LogP contribution in [-0.2, 0) is 23.1 Å². The zero-order chi connectivity index (χ0) is 21.0. The molecule has 0 saturated heterocycles. The zero-order valence-electron chi connectivity index (χ0n) is 16.6. The largest absolute Gasteiger partial charge is 0.348 e. The third-order valence-electron chi connectivity index (χ3n) is 4.84. The van der Waals surface area contributed by atoms with E-state index in [0.717, 1.165) is 23.2 Å². The Labute approximate surface area is 170 Å². The monoisotopic (exact) mass is 412 g/mol. The summed E-state index contributed by atoms with van der Waals surface area (Å²) in [5.41, 5.74) is 3.78. The van der Waals surface area contributed by atoms with E-state index in [2.05, 4.69) is 15.0 Å². The predicted molar refractivity (Wildman–Crippen MR) is 111 cm³/mol. The van der Waals surface area contributed by atoms with Crippen LogP contribution in [0.5, 0.6) is 0 Å². The van der Waals surface area contributed by atoms with Crippen molar-refractivity contribution in [3.05, 3.63) is 82.9 Å². The van der Waals surface area contributed by atoms with Gasteiger partial charge < -0.3 is 9.88 Å². The number of benzene rings is 2. The summed E-state index contributed by atoms with van der Waals surface area (Å²) in [6.07, 6.45) is 5.41. The van der Waals surface area contributed by atoms with Gasteiger partial charge >= 0.3 is 0 Å². The van der Waals surface area contributed by atoms with Crippen molar-refractivity contribution in [1.29, 1.82) is 0 Å². The van der Waals surface area contributed by atoms with Crippen molar-refractivity contribution >= 4 is 15.9 Å². The number of rotatable bonds is 7. The predicted octanol–water partition coefficient (Wildman–Crippen LogP) is 2.39. The minimum Gasteiger partial charge on any atom is -0.348 e. The number of sulfonamides is 1. The Bertz CT molecular complexity index is 1110. The molecular formula is C21H24N4O3S. The lowest BCUT2D eigenvalue weighted by atomic mass is 10.1. The molecule has 2 N–H and O–H groups in total. The molecule has 7 nitrogen and oxygen atoms in total. The Morgan fingerprint density at radius 1 is 1.10 bits per heavy atom. The van der Waals surface area contributed by atoms with E-state index in [9.17, 15) is 13.2 Å². The van der Waals surface area contributed by atoms with Crippen LogP contribution in [0.25, 0.3) is 0 Å². The van der Waals surface area contributed by atoms with E-state index in [1.807, 2.05) is 35.0 Å². The fourth-order valence-electron chi connectivity index (χ4n) is 2.99. The Balaban J connectivity index is 1.69. The molecule has 0 fully saturated rings. The fourth-order valence-corrected chi connectivity index (χ4v) is 4.05. The van der Waals surface area contributed by atoms with E-state index in [1.54, 1.807) is 32.4 Å². The van der Waals surface area contributed by atoms with Crippen molar-refractivity contribution in [2.45, 2.75) is 31.8 Å². The first-order chi connectivity index (χ1) is 13.8. The summed E-state index contributed by atoms with van der Waals surface area (Å²) in [6.45, 7) is 4.61. The highest BCUT2D eigenvalue weighted by Crippen LogP contribution is 2.21. The number of carbonyl (C=O) groups is 1. The van der Waals surface area contributed by atoms with Gasteiger partial charge in [0.2, 0.25) is 10.0 Å². The Morgan fingerprint density at radius 2 is 1.79 bits per heavy atom. The number of hydrogen-bond donors (Lipinski definition) is 2. The number of carbonyl (C=O) groups excluding carboxylic acids is 1. The third-order valence-corrected chi connectivity index (χ3v) is 6.38. The summed E-state index contributed by atoms with van der Waals surface area (Å²) in [5.74, 6) is -0.317. The van der Waals surface area contributed by atoms with Gasteiger partial charge in [0.1, 0.15) is 0 Å². The van der Waals surface area contributed by atoms with Gasteiger partial charge in [-0.15, -0.1) is 0 Å². The van der Waals surface area contributed by atoms with Crippen molar-refractivity contribution in [2.24, 2.45) is 0 Å². The molecule has 0 bridgehead atoms. The minimum atomic E-state index is -3.64. The van der Waals surface area contributed by atoms with Gasteiger partial charge in [0, 0.05) is 31.0 Å². The number of nitrogens with zero attached hydrogens (tertiary/aromatic N) is 2. The van der Waals surface area contributed by atoms with Crippen molar-refractivity contribution in [3.63, 3.8) is 0 Å². The Morgan fingerprint density at radius 3 is 2.41 bits per heavy atom. The van der Waals surface area contributed by atoms with Crippen molar-refractivity contribution in [2.75, 3.05) is 7.05 Å². The quantitative estimate of drug-likeness (QED) is 0.623. The van der Waals surface area contributed by atoms with Crippen LogP contribution in [0.15, 0.2) is 60.0 Å². The first-order valence-corrected chi connectivity index (χ1v) is 10.6. The smallest absolute Gasteiger partial charge is 0.251 e. The van der Waals surface area contributed by atoms with Gasteiger partial charge in [0.25, 0.3) is 5.91 Å². The second-order valence-corrected chi connectivity index (χ2v) is 8.71. The van der Waals surface area contributed by atoms with Crippen molar-refractivity contribution < 1.29 is 13.2 Å². The van der Waals surface area contributed by atoms with Gasteiger partial charge in [0.05, 0.1) is 11.2 Å². The second-order valence-electron chi connectivity index (χ2n) is 6.86. The molecule has 0 saturated carbocycles. The SMILES string of the molecule is CNS(=O)(=O)c1cc(C(=O)NCc2ccc(Cn3ccnc3)cc2)cc(C)c1C. The second kappa shape index (κ2) is 8.59. The molecule has 0 aliphatic carbocycles. The van der Waals surface area contributed by atoms with E-state index >= 15 is 0 Å². The first-order valence-electron chi connectivity index (χ1n) is 9.16. The highest BCUT2D eigenvalue weighted by atomic mass is 32.2. The molecule has 8 heteroatoms. The molecule has 3 aromatic rings. The van der Waals surface area contributed by atoms with Crippen LogP contribution in [0.4, 0.5) is 0 Å². The lowest BCUT2D eigenvalue weighted by molar-refractivity contribution is 0.0950. The molecular weight excluding hydrogens is 388 g/mol. The van der Waals surface area contributed by atoms with E-state index in [1.165, 1.54) is 13.1 Å². The van der Waals surface area contributed by atoms with Crippen LogP contribution < -0.4 is 10.0 Å². The summed E-state index contributed by atoms with van der Waals surface area (Å²) in [5, 5.41) is 2.85. The maximum absolute atomic E-state index is 12.6. The van der Waals surface area contributed by atoms with Gasteiger partial charge in [-0.25, -0.2) is 18.1 Å². The van der Waals surface area contributed by atoms with E-state index < -0.39 is 10.0 Å². The van der Waals surface area contributed by atoms with Crippen LogP contribution in [0, 0.1) is 13.8 Å². The third kappa shape index (κ3) is 4.90. The van der Waals surface area contributed by atoms with Crippen LogP contribution in [0.1, 0.15) is 32.6 Å². The van der Waals surface area contributed by atoms with E-state index in [4.69, 9.17) is 0 Å². The maximum Gasteiger partial charge on any atom is 0.251 e. The number of imidazole rings is 1. The molecule has 1 amide bonds. The van der Waals surface area contributed by atoms with Gasteiger partial charge in [-0.3, -0.25) is 4.79 Å². The first kappa shape index (κ1) is 20.8. The highest BCUT2D eigenvalue weighted by molar-refractivity contribution is 7.89. The highest BCUT2D eigenvalue weighted by Gasteiger charge is 2.19. The van der Waals surface area contributed by atoms with Crippen LogP contribution >= 0.6 is 0 Å². The summed E-state index contributed by atoms with van der Waals surface area (Å²) in [7, 11) is -2.28. The average molecular weight is 413 g/mol.